The van der Waals surface area contributed by atoms with Crippen molar-refractivity contribution in [3.05, 3.63) is 59.6 Å². The van der Waals surface area contributed by atoms with Gasteiger partial charge in [0.05, 0.1) is 16.8 Å². The number of rotatable bonds is 5. The number of sulfone groups is 1. The van der Waals surface area contributed by atoms with E-state index in [1.807, 2.05) is 37.2 Å². The summed E-state index contributed by atoms with van der Waals surface area (Å²) in [5, 5.41) is 9.51. The fraction of sp³-hybridized carbons (Fsp3) is 0.238. The van der Waals surface area contributed by atoms with Crippen LogP contribution in [0.5, 0.6) is 0 Å². The topological polar surface area (TPSA) is 106 Å². The highest BCUT2D eigenvalue weighted by Gasteiger charge is 2.18. The van der Waals surface area contributed by atoms with E-state index in [4.69, 9.17) is 4.52 Å². The zero-order chi connectivity index (χ0) is 22.5. The van der Waals surface area contributed by atoms with Crippen LogP contribution in [-0.4, -0.2) is 46.0 Å². The van der Waals surface area contributed by atoms with E-state index in [1.54, 1.807) is 28.8 Å². The molecule has 0 aliphatic carbocycles. The second-order valence-corrected chi connectivity index (χ2v) is 10.7. The van der Waals surface area contributed by atoms with Crippen LogP contribution in [0.4, 0.5) is 6.01 Å². The minimum absolute atomic E-state index is 0.210. The number of hydrogen-bond acceptors (Lipinski definition) is 9. The molecule has 1 aliphatic heterocycles. The average Bonchev–Trinajstić information content (AvgIpc) is 3.48. The lowest BCUT2D eigenvalue weighted by atomic mass is 10.2. The Balaban J connectivity index is 1.33. The van der Waals surface area contributed by atoms with Crippen LogP contribution >= 0.6 is 11.3 Å². The van der Waals surface area contributed by atoms with E-state index in [0.717, 1.165) is 26.8 Å². The molecule has 0 saturated heterocycles. The normalized spacial score (nSPS) is 14.5. The number of benzene rings is 1. The number of allylic oxidation sites excluding steroid dienone is 2. The zero-order valence-electron chi connectivity index (χ0n) is 17.6. The van der Waals surface area contributed by atoms with Crippen molar-refractivity contribution in [2.24, 2.45) is 0 Å². The molecular formula is C21H20N6O3S2. The highest BCUT2D eigenvalue weighted by atomic mass is 32.2. The number of aromatic nitrogens is 5. The van der Waals surface area contributed by atoms with Gasteiger partial charge >= 0.3 is 6.01 Å². The molecule has 32 heavy (non-hydrogen) atoms. The van der Waals surface area contributed by atoms with E-state index < -0.39 is 9.84 Å². The first kappa shape index (κ1) is 20.6. The molecule has 1 aromatic carbocycles. The van der Waals surface area contributed by atoms with Crippen LogP contribution in [0.2, 0.25) is 0 Å². The van der Waals surface area contributed by atoms with Crippen molar-refractivity contribution < 1.29 is 12.9 Å². The Bertz CT molecular complexity index is 1430. The van der Waals surface area contributed by atoms with Gasteiger partial charge in [-0.2, -0.15) is 10.1 Å². The van der Waals surface area contributed by atoms with E-state index >= 15 is 0 Å². The monoisotopic (exact) mass is 468 g/mol. The highest BCUT2D eigenvalue weighted by molar-refractivity contribution is 7.90. The second-order valence-electron chi connectivity index (χ2n) is 7.77. The molecule has 1 aliphatic rings. The SMILES string of the molecule is CC(C)c1noc(N2C=CC(c3nn4cc(-c5ccc(S(C)(=O)=O)cc5)nc4s3)=CC2)n1. The quantitative estimate of drug-likeness (QED) is 0.436. The number of anilines is 1. The van der Waals surface area contributed by atoms with E-state index in [1.165, 1.54) is 17.6 Å². The van der Waals surface area contributed by atoms with Gasteiger partial charge in [-0.25, -0.2) is 17.9 Å². The van der Waals surface area contributed by atoms with E-state index in [2.05, 4.69) is 26.3 Å². The van der Waals surface area contributed by atoms with Crippen molar-refractivity contribution in [3.8, 4) is 11.3 Å². The molecule has 4 heterocycles. The maximum atomic E-state index is 11.6. The summed E-state index contributed by atoms with van der Waals surface area (Å²) in [6.45, 7) is 4.65. The van der Waals surface area contributed by atoms with Crippen molar-refractivity contribution in [1.82, 2.24) is 24.7 Å². The third kappa shape index (κ3) is 3.84. The Kier molecular flexibility index (Phi) is 4.94. The van der Waals surface area contributed by atoms with Gasteiger partial charge in [-0.05, 0) is 18.2 Å². The van der Waals surface area contributed by atoms with Gasteiger partial charge in [-0.3, -0.25) is 4.90 Å². The number of fused-ring (bicyclic) bond motifs is 1. The molecule has 0 spiro atoms. The fourth-order valence-corrected chi connectivity index (χ4v) is 4.74. The van der Waals surface area contributed by atoms with Crippen LogP contribution < -0.4 is 4.90 Å². The zero-order valence-corrected chi connectivity index (χ0v) is 19.3. The molecule has 11 heteroatoms. The maximum absolute atomic E-state index is 11.6. The van der Waals surface area contributed by atoms with E-state index in [9.17, 15) is 8.42 Å². The van der Waals surface area contributed by atoms with Crippen molar-refractivity contribution in [2.75, 3.05) is 17.7 Å². The van der Waals surface area contributed by atoms with Gasteiger partial charge in [-0.15, -0.1) is 0 Å². The Morgan fingerprint density at radius 2 is 1.94 bits per heavy atom. The molecule has 0 atom stereocenters. The molecule has 0 N–H and O–H groups in total. The van der Waals surface area contributed by atoms with Crippen LogP contribution in [0.3, 0.4) is 0 Å². The summed E-state index contributed by atoms with van der Waals surface area (Å²) in [5.74, 6) is 0.896. The number of hydrogen-bond donors (Lipinski definition) is 0. The summed E-state index contributed by atoms with van der Waals surface area (Å²) in [7, 11) is -3.22. The van der Waals surface area contributed by atoms with Gasteiger partial charge in [0, 0.05) is 36.1 Å². The first-order valence-electron chi connectivity index (χ1n) is 9.93. The van der Waals surface area contributed by atoms with Gasteiger partial charge in [0.2, 0.25) is 4.96 Å². The van der Waals surface area contributed by atoms with Crippen molar-refractivity contribution >= 4 is 37.7 Å². The molecule has 0 fully saturated rings. The van der Waals surface area contributed by atoms with Gasteiger partial charge < -0.3 is 4.52 Å². The summed E-state index contributed by atoms with van der Waals surface area (Å²) < 4.78 is 30.4. The van der Waals surface area contributed by atoms with Crippen LogP contribution in [-0.2, 0) is 9.84 Å². The van der Waals surface area contributed by atoms with Gasteiger partial charge in [-0.1, -0.05) is 48.5 Å². The fourth-order valence-electron chi connectivity index (χ4n) is 3.20. The first-order valence-corrected chi connectivity index (χ1v) is 12.6. The van der Waals surface area contributed by atoms with Crippen molar-refractivity contribution in [3.63, 3.8) is 0 Å². The maximum Gasteiger partial charge on any atom is 0.328 e. The molecule has 5 rings (SSSR count). The molecule has 3 aromatic heterocycles. The van der Waals surface area contributed by atoms with Gasteiger partial charge in [0.15, 0.2) is 15.7 Å². The standard InChI is InChI=1S/C21H20N6O3S2/c1-13(2)18-23-20(30-25-18)26-10-8-15(9-11-26)19-24-27-12-17(22-21(27)31-19)14-4-6-16(7-5-14)32(3,28)29/h4-10,12-13H,11H2,1-3H3. The summed E-state index contributed by atoms with van der Waals surface area (Å²) in [6.07, 6.45) is 8.97. The highest BCUT2D eigenvalue weighted by Crippen LogP contribution is 2.29. The molecule has 0 unspecified atom stereocenters. The molecular weight excluding hydrogens is 448 g/mol. The van der Waals surface area contributed by atoms with Crippen molar-refractivity contribution in [1.29, 1.82) is 0 Å². The molecule has 9 nitrogen and oxygen atoms in total. The summed E-state index contributed by atoms with van der Waals surface area (Å²) in [5.41, 5.74) is 2.58. The van der Waals surface area contributed by atoms with E-state index in [-0.39, 0.29) is 10.8 Å². The number of nitrogens with zero attached hydrogens (tertiary/aromatic N) is 6. The van der Waals surface area contributed by atoms with Gasteiger partial charge in [0.25, 0.3) is 0 Å². The molecule has 0 radical (unpaired) electrons. The number of imidazole rings is 1. The lowest BCUT2D eigenvalue weighted by Gasteiger charge is -2.16. The van der Waals surface area contributed by atoms with Crippen LogP contribution in [0.25, 0.3) is 21.8 Å². The summed E-state index contributed by atoms with van der Waals surface area (Å²) in [6, 6.07) is 7.17. The summed E-state index contributed by atoms with van der Waals surface area (Å²) >= 11 is 1.49. The molecule has 0 bridgehead atoms. The van der Waals surface area contributed by atoms with Gasteiger partial charge in [0.1, 0.15) is 5.01 Å². The largest absolute Gasteiger partial charge is 0.328 e. The Labute approximate surface area is 188 Å². The summed E-state index contributed by atoms with van der Waals surface area (Å²) in [4.78, 5) is 12.0. The van der Waals surface area contributed by atoms with Crippen molar-refractivity contribution in [2.45, 2.75) is 24.7 Å². The third-order valence-corrected chi connectivity index (χ3v) is 7.10. The minimum atomic E-state index is -3.22. The molecule has 0 saturated carbocycles. The Morgan fingerprint density at radius 1 is 1.16 bits per heavy atom. The Hall–Kier alpha value is -3.31. The average molecular weight is 469 g/mol. The molecule has 4 aromatic rings. The smallest absolute Gasteiger partial charge is 0.315 e. The predicted molar refractivity (Wildman–Crippen MR) is 122 cm³/mol. The Morgan fingerprint density at radius 3 is 2.53 bits per heavy atom. The van der Waals surface area contributed by atoms with Crippen LogP contribution in [0, 0.1) is 0 Å². The van der Waals surface area contributed by atoms with Crippen LogP contribution in [0.15, 0.2) is 58.2 Å². The lowest BCUT2D eigenvalue weighted by Crippen LogP contribution is -2.19. The lowest BCUT2D eigenvalue weighted by molar-refractivity contribution is 0.411. The first-order chi connectivity index (χ1) is 15.3. The predicted octanol–water partition coefficient (Wildman–Crippen LogP) is 3.79. The second kappa shape index (κ2) is 7.68. The minimum Gasteiger partial charge on any atom is -0.315 e. The third-order valence-electron chi connectivity index (χ3n) is 5.00. The molecule has 0 amide bonds. The van der Waals surface area contributed by atoms with E-state index in [0.29, 0.717) is 18.4 Å². The van der Waals surface area contributed by atoms with Crippen LogP contribution in [0.1, 0.15) is 30.6 Å². The molecule has 164 valence electrons.